The molecule has 1 rings (SSSR count). The topological polar surface area (TPSA) is 39.2 Å². The molecule has 3 nitrogen and oxygen atoms in total. The second-order valence-electron chi connectivity index (χ2n) is 3.14. The highest BCUT2D eigenvalue weighted by Crippen LogP contribution is 2.09. The van der Waals surface area contributed by atoms with Crippen molar-refractivity contribution in [2.75, 3.05) is 12.9 Å². The summed E-state index contributed by atoms with van der Waals surface area (Å²) in [6.07, 6.45) is 4.81. The zero-order valence-electron chi connectivity index (χ0n) is 9.47. The maximum Gasteiger partial charge on any atom is 0.213 e. The highest BCUT2D eigenvalue weighted by atomic mass is 32.2. The fourth-order valence-corrected chi connectivity index (χ4v) is 1.65. The van der Waals surface area contributed by atoms with Crippen molar-refractivity contribution < 1.29 is 9.53 Å². The minimum Gasteiger partial charge on any atom is -0.481 e. The molecule has 1 heterocycles. The molecule has 1 aromatic heterocycles. The fourth-order valence-electron chi connectivity index (χ4n) is 1.11. The van der Waals surface area contributed by atoms with Gasteiger partial charge < -0.3 is 4.74 Å². The third kappa shape index (κ3) is 4.98. The molecule has 0 aliphatic heterocycles. The summed E-state index contributed by atoms with van der Waals surface area (Å²) >= 11 is 1.34. The monoisotopic (exact) mass is 237 g/mol. The predicted molar refractivity (Wildman–Crippen MR) is 67.6 cm³/mol. The molecule has 0 unspecified atom stereocenters. The number of pyridine rings is 1. The lowest BCUT2D eigenvalue weighted by Crippen LogP contribution is -1.88. The van der Waals surface area contributed by atoms with Crippen molar-refractivity contribution in [1.29, 1.82) is 0 Å². The van der Waals surface area contributed by atoms with Crippen LogP contribution < -0.4 is 4.74 Å². The van der Waals surface area contributed by atoms with E-state index in [9.17, 15) is 4.79 Å². The van der Waals surface area contributed by atoms with Crippen LogP contribution in [0.5, 0.6) is 5.88 Å². The highest BCUT2D eigenvalue weighted by molar-refractivity contribution is 8.13. The van der Waals surface area contributed by atoms with Crippen molar-refractivity contribution in [2.24, 2.45) is 0 Å². The molecule has 0 saturated carbocycles. The molecule has 0 fully saturated rings. The first kappa shape index (κ1) is 12.8. The minimum absolute atomic E-state index is 0.160. The van der Waals surface area contributed by atoms with Gasteiger partial charge in [-0.2, -0.15) is 0 Å². The van der Waals surface area contributed by atoms with Crippen molar-refractivity contribution in [3.05, 3.63) is 30.0 Å². The van der Waals surface area contributed by atoms with Gasteiger partial charge in [-0.15, -0.1) is 0 Å². The number of allylic oxidation sites excluding steroid dienone is 1. The Labute approximate surface area is 99.9 Å². The number of nitrogens with zero attached hydrogens (tertiary/aromatic N) is 1. The van der Waals surface area contributed by atoms with Gasteiger partial charge in [0, 0.05) is 18.7 Å². The summed E-state index contributed by atoms with van der Waals surface area (Å²) in [6, 6.07) is 5.62. The zero-order valence-corrected chi connectivity index (χ0v) is 10.3. The van der Waals surface area contributed by atoms with Gasteiger partial charge in [0.05, 0.1) is 12.8 Å². The number of carbonyl (C=O) groups is 1. The van der Waals surface area contributed by atoms with Crippen molar-refractivity contribution in [3.63, 3.8) is 0 Å². The summed E-state index contributed by atoms with van der Waals surface area (Å²) in [5.41, 5.74) is 0.868. The van der Waals surface area contributed by atoms with Crippen molar-refractivity contribution in [2.45, 2.75) is 13.3 Å². The number of carbonyl (C=O) groups excluding carboxylic acids is 1. The largest absolute Gasteiger partial charge is 0.481 e. The summed E-state index contributed by atoms with van der Waals surface area (Å²) in [6.45, 7) is 1.58. The highest BCUT2D eigenvalue weighted by Gasteiger charge is 1.93. The van der Waals surface area contributed by atoms with Gasteiger partial charge in [-0.3, -0.25) is 4.79 Å². The quantitative estimate of drug-likeness (QED) is 0.738. The summed E-state index contributed by atoms with van der Waals surface area (Å²) in [4.78, 5) is 14.9. The van der Waals surface area contributed by atoms with Gasteiger partial charge >= 0.3 is 0 Å². The number of aromatic nitrogens is 1. The third-order valence-electron chi connectivity index (χ3n) is 1.83. The van der Waals surface area contributed by atoms with Gasteiger partial charge in [0.2, 0.25) is 5.88 Å². The minimum atomic E-state index is 0.160. The van der Waals surface area contributed by atoms with Crippen LogP contribution in [0, 0.1) is 0 Å². The molecule has 0 aliphatic carbocycles. The lowest BCUT2D eigenvalue weighted by molar-refractivity contribution is -0.109. The first-order valence-electron chi connectivity index (χ1n) is 5.03. The Balaban J connectivity index is 2.40. The lowest BCUT2D eigenvalue weighted by Gasteiger charge is -1.98. The van der Waals surface area contributed by atoms with E-state index >= 15 is 0 Å². The van der Waals surface area contributed by atoms with Crippen LogP contribution in [0.25, 0.3) is 6.08 Å². The van der Waals surface area contributed by atoms with E-state index in [1.54, 1.807) is 14.0 Å². The molecule has 0 bridgehead atoms. The average molecular weight is 237 g/mol. The Hall–Kier alpha value is -1.29. The summed E-state index contributed by atoms with van der Waals surface area (Å²) in [5, 5.41) is 0.160. The van der Waals surface area contributed by atoms with E-state index < -0.39 is 0 Å². The second kappa shape index (κ2) is 7.06. The molecule has 0 saturated heterocycles. The molecule has 0 N–H and O–H groups in total. The molecular formula is C12H15NO2S. The molecule has 16 heavy (non-hydrogen) atoms. The van der Waals surface area contributed by atoms with Crippen LogP contribution in [0.15, 0.2) is 24.3 Å². The first-order valence-corrected chi connectivity index (χ1v) is 6.02. The van der Waals surface area contributed by atoms with E-state index in [0.717, 1.165) is 17.9 Å². The first-order chi connectivity index (χ1) is 7.72. The molecule has 0 aromatic carbocycles. The standard InChI is InChI=1S/C12H15NO2S/c1-10(14)16-9-4-3-6-11-7-5-8-12(13-11)15-2/h3,5-8H,4,9H2,1-2H3. The molecule has 86 valence electrons. The zero-order chi connectivity index (χ0) is 11.8. The van der Waals surface area contributed by atoms with E-state index in [4.69, 9.17) is 4.74 Å². The predicted octanol–water partition coefficient (Wildman–Crippen LogP) is 2.77. The Morgan fingerprint density at radius 2 is 2.38 bits per heavy atom. The van der Waals surface area contributed by atoms with Crippen LogP contribution in [0.3, 0.4) is 0 Å². The Kier molecular flexibility index (Phi) is 5.64. The van der Waals surface area contributed by atoms with E-state index in [2.05, 4.69) is 4.98 Å². The SMILES string of the molecule is COc1cccc(C=CCCSC(C)=O)n1. The van der Waals surface area contributed by atoms with Crippen LogP contribution in [-0.4, -0.2) is 23.0 Å². The fraction of sp³-hybridized carbons (Fsp3) is 0.333. The van der Waals surface area contributed by atoms with Gasteiger partial charge in [-0.05, 0) is 18.6 Å². The van der Waals surface area contributed by atoms with Crippen LogP contribution in [0.4, 0.5) is 0 Å². The van der Waals surface area contributed by atoms with Crippen LogP contribution in [0.1, 0.15) is 19.0 Å². The van der Waals surface area contributed by atoms with E-state index in [1.165, 1.54) is 11.8 Å². The van der Waals surface area contributed by atoms with Crippen LogP contribution >= 0.6 is 11.8 Å². The lowest BCUT2D eigenvalue weighted by atomic mass is 10.3. The number of methoxy groups -OCH3 is 1. The Morgan fingerprint density at radius 1 is 1.56 bits per heavy atom. The normalized spacial score (nSPS) is 10.6. The number of hydrogen-bond donors (Lipinski definition) is 0. The maximum atomic E-state index is 10.7. The number of ether oxygens (including phenoxy) is 1. The van der Waals surface area contributed by atoms with Gasteiger partial charge in [-0.1, -0.05) is 23.9 Å². The number of rotatable bonds is 5. The summed E-state index contributed by atoms with van der Waals surface area (Å²) < 4.78 is 5.02. The van der Waals surface area contributed by atoms with E-state index in [-0.39, 0.29) is 5.12 Å². The third-order valence-corrected chi connectivity index (χ3v) is 2.68. The van der Waals surface area contributed by atoms with Gasteiger partial charge in [0.15, 0.2) is 5.12 Å². The molecule has 0 atom stereocenters. The Bertz CT molecular complexity index is 377. The summed E-state index contributed by atoms with van der Waals surface area (Å²) in [7, 11) is 1.60. The van der Waals surface area contributed by atoms with E-state index in [1.807, 2.05) is 30.4 Å². The molecule has 4 heteroatoms. The molecule has 0 spiro atoms. The van der Waals surface area contributed by atoms with Crippen LogP contribution in [0.2, 0.25) is 0 Å². The second-order valence-corrected chi connectivity index (χ2v) is 4.41. The van der Waals surface area contributed by atoms with Gasteiger partial charge in [-0.25, -0.2) is 4.98 Å². The maximum absolute atomic E-state index is 10.7. The summed E-state index contributed by atoms with van der Waals surface area (Å²) in [5.74, 6) is 1.43. The van der Waals surface area contributed by atoms with Crippen molar-refractivity contribution >= 4 is 23.0 Å². The average Bonchev–Trinajstić information content (AvgIpc) is 2.28. The van der Waals surface area contributed by atoms with Crippen molar-refractivity contribution in [1.82, 2.24) is 4.98 Å². The molecule has 1 aromatic rings. The molecule has 0 aliphatic rings. The van der Waals surface area contributed by atoms with Gasteiger partial charge in [0.25, 0.3) is 0 Å². The Morgan fingerprint density at radius 3 is 3.06 bits per heavy atom. The smallest absolute Gasteiger partial charge is 0.213 e. The molecule has 0 radical (unpaired) electrons. The molecule has 0 amide bonds. The van der Waals surface area contributed by atoms with E-state index in [0.29, 0.717) is 5.88 Å². The van der Waals surface area contributed by atoms with Gasteiger partial charge in [0.1, 0.15) is 0 Å². The van der Waals surface area contributed by atoms with Crippen LogP contribution in [-0.2, 0) is 4.79 Å². The molecular weight excluding hydrogens is 222 g/mol. The number of thioether (sulfide) groups is 1. The van der Waals surface area contributed by atoms with Crippen molar-refractivity contribution in [3.8, 4) is 5.88 Å². The number of hydrogen-bond acceptors (Lipinski definition) is 4.